The van der Waals surface area contributed by atoms with Crippen LogP contribution in [0.2, 0.25) is 0 Å². The molecule has 152 valence electrons. The average molecular weight is 404 g/mol. The molecule has 2 aliphatic heterocycles. The van der Waals surface area contributed by atoms with Crippen LogP contribution in [0, 0.1) is 0 Å². The second kappa shape index (κ2) is 10.5. The molecule has 0 aromatic carbocycles. The monoisotopic (exact) mass is 403 g/mol. The normalized spacial score (nSPS) is 23.9. The Hall–Kier alpha value is -2.09. The molecular weight excluding hydrogens is 374 g/mol. The highest BCUT2D eigenvalue weighted by Crippen LogP contribution is 2.33. The Balaban J connectivity index is 1.25. The number of amides is 2. The summed E-state index contributed by atoms with van der Waals surface area (Å²) in [5.41, 5.74) is 1.85. The van der Waals surface area contributed by atoms with Crippen LogP contribution in [0.3, 0.4) is 0 Å². The van der Waals surface area contributed by atoms with Crippen LogP contribution in [0.25, 0.3) is 0 Å². The summed E-state index contributed by atoms with van der Waals surface area (Å²) in [6.07, 6.45) is 10.3. The number of pyridine rings is 1. The highest BCUT2D eigenvalue weighted by Gasteiger charge is 2.42. The van der Waals surface area contributed by atoms with E-state index in [2.05, 4.69) is 20.7 Å². The molecule has 2 aliphatic rings. The maximum absolute atomic E-state index is 12.1. The summed E-state index contributed by atoms with van der Waals surface area (Å²) >= 11 is 1.93. The van der Waals surface area contributed by atoms with Crippen LogP contribution in [0.4, 0.5) is 4.79 Å². The number of nitrogens with two attached hydrogens (primary N) is 1. The van der Waals surface area contributed by atoms with Gasteiger partial charge in [-0.25, -0.2) is 4.79 Å². The molecule has 0 aliphatic carbocycles. The minimum Gasteiger partial charge on any atom is -0.332 e. The Labute approximate surface area is 170 Å². The number of urea groups is 1. The molecule has 2 fully saturated rings. The maximum atomic E-state index is 12.1. The number of carbonyl (C=O) groups is 2. The number of hydrogen-bond donors (Lipinski definition) is 3. The molecule has 4 N–H and O–H groups in total. The zero-order valence-electron chi connectivity index (χ0n) is 16.1. The van der Waals surface area contributed by atoms with E-state index in [4.69, 9.17) is 5.84 Å². The third kappa shape index (κ3) is 5.70. The molecule has 2 amide bonds. The number of unbranched alkanes of at least 4 members (excludes halogenated alkanes) is 2. The summed E-state index contributed by atoms with van der Waals surface area (Å²) in [6.45, 7) is 0. The summed E-state index contributed by atoms with van der Waals surface area (Å²) in [7, 11) is 0. The Morgan fingerprint density at radius 3 is 2.61 bits per heavy atom. The number of hydrogen-bond acceptors (Lipinski definition) is 6. The van der Waals surface area contributed by atoms with Gasteiger partial charge in [-0.15, -0.1) is 0 Å². The minimum atomic E-state index is -0.0396. The molecule has 2 saturated heterocycles. The predicted octanol–water partition coefficient (Wildman–Crippen LogP) is 2.60. The van der Waals surface area contributed by atoms with E-state index in [1.165, 1.54) is 0 Å². The lowest BCUT2D eigenvalue weighted by Gasteiger charge is -2.16. The van der Waals surface area contributed by atoms with E-state index in [0.29, 0.717) is 23.9 Å². The van der Waals surface area contributed by atoms with Gasteiger partial charge in [-0.3, -0.25) is 9.78 Å². The first-order valence-electron chi connectivity index (χ1n) is 10.0. The number of hydrazone groups is 1. The van der Waals surface area contributed by atoms with E-state index < -0.39 is 0 Å². The van der Waals surface area contributed by atoms with E-state index in [-0.39, 0.29) is 18.1 Å². The van der Waals surface area contributed by atoms with Crippen LogP contribution in [0.15, 0.2) is 29.6 Å². The number of carbonyl (C=O) groups excluding carboxylic acids is 2. The molecule has 3 rings (SSSR count). The first-order chi connectivity index (χ1) is 13.7. The number of nitrogens with one attached hydrogen (secondary N) is 2. The Morgan fingerprint density at radius 2 is 1.86 bits per heavy atom. The molecule has 0 spiro atoms. The molecule has 7 nitrogen and oxygen atoms in total. The fraction of sp³-hybridized carbons (Fsp3) is 0.600. The van der Waals surface area contributed by atoms with Gasteiger partial charge in [-0.05, 0) is 44.2 Å². The Bertz CT molecular complexity index is 697. The summed E-state index contributed by atoms with van der Waals surface area (Å²) in [5.74, 6) is 6.81. The first kappa shape index (κ1) is 20.6. The second-order valence-electron chi connectivity index (χ2n) is 7.43. The van der Waals surface area contributed by atoms with Crippen molar-refractivity contribution in [2.75, 3.05) is 5.75 Å². The van der Waals surface area contributed by atoms with Gasteiger partial charge in [0.25, 0.3) is 0 Å². The molecule has 28 heavy (non-hydrogen) atoms. The largest absolute Gasteiger partial charge is 0.332 e. The van der Waals surface area contributed by atoms with E-state index in [1.54, 1.807) is 12.4 Å². The highest BCUT2D eigenvalue weighted by atomic mass is 32.2. The number of thioether (sulfide) groups is 1. The summed E-state index contributed by atoms with van der Waals surface area (Å²) in [5, 5.41) is 10.3. The predicted molar refractivity (Wildman–Crippen MR) is 112 cm³/mol. The lowest BCUT2D eigenvalue weighted by molar-refractivity contribution is -0.119. The van der Waals surface area contributed by atoms with Crippen LogP contribution in [-0.2, 0) is 4.79 Å². The Kier molecular flexibility index (Phi) is 7.71. The molecule has 1 aromatic rings. The van der Waals surface area contributed by atoms with Crippen LogP contribution < -0.4 is 16.5 Å². The number of fused-ring (bicyclic) bond motifs is 1. The fourth-order valence-electron chi connectivity index (χ4n) is 3.88. The van der Waals surface area contributed by atoms with Gasteiger partial charge in [0.15, 0.2) is 0 Å². The molecular formula is C20H29N5O2S. The lowest BCUT2D eigenvalue weighted by atomic mass is 10.0. The highest BCUT2D eigenvalue weighted by molar-refractivity contribution is 8.00. The molecule has 3 atom stereocenters. The lowest BCUT2D eigenvalue weighted by Crippen LogP contribution is -2.36. The average Bonchev–Trinajstić information content (AvgIpc) is 3.25. The number of ketones is 1. The zero-order valence-corrected chi connectivity index (χ0v) is 16.9. The van der Waals surface area contributed by atoms with Gasteiger partial charge >= 0.3 is 6.03 Å². The van der Waals surface area contributed by atoms with Gasteiger partial charge in [0, 0.05) is 41.8 Å². The van der Waals surface area contributed by atoms with Crippen molar-refractivity contribution in [1.29, 1.82) is 0 Å². The van der Waals surface area contributed by atoms with E-state index >= 15 is 0 Å². The molecule has 0 bridgehead atoms. The van der Waals surface area contributed by atoms with Gasteiger partial charge in [-0.1, -0.05) is 6.42 Å². The van der Waals surface area contributed by atoms with Crippen molar-refractivity contribution in [3.8, 4) is 0 Å². The van der Waals surface area contributed by atoms with E-state index in [0.717, 1.165) is 55.6 Å². The smallest absolute Gasteiger partial charge is 0.315 e. The van der Waals surface area contributed by atoms with Crippen LogP contribution in [0.1, 0.15) is 56.9 Å². The van der Waals surface area contributed by atoms with Crippen molar-refractivity contribution in [2.24, 2.45) is 10.9 Å². The summed E-state index contributed by atoms with van der Waals surface area (Å²) < 4.78 is 0. The van der Waals surface area contributed by atoms with Crippen molar-refractivity contribution in [3.05, 3.63) is 30.1 Å². The Morgan fingerprint density at radius 1 is 1.14 bits per heavy atom. The molecule has 1 aromatic heterocycles. The van der Waals surface area contributed by atoms with Crippen molar-refractivity contribution in [1.82, 2.24) is 15.6 Å². The number of Topliss-reactive ketones (excluding diaryl/α,β-unsaturated/α-hetero) is 1. The fourth-order valence-corrected chi connectivity index (χ4v) is 5.42. The quantitative estimate of drug-likeness (QED) is 0.173. The van der Waals surface area contributed by atoms with Gasteiger partial charge in [0.05, 0.1) is 17.8 Å². The van der Waals surface area contributed by atoms with Crippen molar-refractivity contribution >= 4 is 29.3 Å². The number of nitrogens with zero attached hydrogens (tertiary/aromatic N) is 2. The van der Waals surface area contributed by atoms with Crippen LogP contribution in [0.5, 0.6) is 0 Å². The zero-order chi connectivity index (χ0) is 19.8. The number of rotatable bonds is 11. The van der Waals surface area contributed by atoms with Gasteiger partial charge in [0.2, 0.25) is 0 Å². The summed E-state index contributed by atoms with van der Waals surface area (Å²) in [6, 6.07) is 4.29. The third-order valence-electron chi connectivity index (χ3n) is 5.42. The third-order valence-corrected chi connectivity index (χ3v) is 6.93. The molecule has 3 heterocycles. The standard InChI is InChI=1S/C20H29N5O2S/c21-25-16(14-9-11-22-12-10-14)7-3-1-5-15(26)6-2-4-8-18-19-17(13-28-18)23-20(27)24-19/h9-12,17-19H,1-8,13,21H2,(H2,23,24,27)/b25-16+. The van der Waals surface area contributed by atoms with E-state index in [9.17, 15) is 9.59 Å². The topological polar surface area (TPSA) is 109 Å². The van der Waals surface area contributed by atoms with Crippen LogP contribution in [-0.4, -0.2) is 45.6 Å². The van der Waals surface area contributed by atoms with Crippen LogP contribution >= 0.6 is 11.8 Å². The van der Waals surface area contributed by atoms with Crippen molar-refractivity contribution in [3.63, 3.8) is 0 Å². The molecule has 8 heteroatoms. The molecule has 0 saturated carbocycles. The minimum absolute atomic E-state index is 0.0396. The van der Waals surface area contributed by atoms with E-state index in [1.807, 2.05) is 23.9 Å². The summed E-state index contributed by atoms with van der Waals surface area (Å²) in [4.78, 5) is 27.5. The SMILES string of the molecule is N/N=C(\CCCCC(=O)CCCCC1SCC2NC(=O)NC21)c1ccncc1. The van der Waals surface area contributed by atoms with Gasteiger partial charge in [0.1, 0.15) is 5.78 Å². The van der Waals surface area contributed by atoms with Crippen molar-refractivity contribution < 1.29 is 9.59 Å². The molecule has 0 radical (unpaired) electrons. The maximum Gasteiger partial charge on any atom is 0.315 e. The van der Waals surface area contributed by atoms with Gasteiger partial charge in [-0.2, -0.15) is 16.9 Å². The van der Waals surface area contributed by atoms with Crippen molar-refractivity contribution in [2.45, 2.75) is 68.7 Å². The number of aromatic nitrogens is 1. The second-order valence-corrected chi connectivity index (χ2v) is 8.70. The first-order valence-corrected chi connectivity index (χ1v) is 11.1. The molecule has 3 unspecified atom stereocenters. The van der Waals surface area contributed by atoms with Gasteiger partial charge < -0.3 is 16.5 Å².